The Bertz CT molecular complexity index is 363. The lowest BCUT2D eigenvalue weighted by Crippen LogP contribution is -2.52. The average molecular weight is 319 g/mol. The summed E-state index contributed by atoms with van der Waals surface area (Å²) in [5.74, 6) is 0.0647. The van der Waals surface area contributed by atoms with Crippen LogP contribution in [-0.4, -0.2) is 59.5 Å². The van der Waals surface area contributed by atoms with Gasteiger partial charge in [-0.3, -0.25) is 14.5 Å². The molecule has 1 aliphatic heterocycles. The molecule has 0 bridgehead atoms. The Morgan fingerprint density at radius 2 is 1.86 bits per heavy atom. The van der Waals surface area contributed by atoms with Crippen molar-refractivity contribution in [3.05, 3.63) is 0 Å². The summed E-state index contributed by atoms with van der Waals surface area (Å²) in [5, 5.41) is 8.68. The van der Waals surface area contributed by atoms with Crippen LogP contribution in [0.2, 0.25) is 0 Å². The Hall–Kier alpha value is -0.810. The van der Waals surface area contributed by atoms with Gasteiger partial charge in [-0.05, 0) is 38.6 Å². The van der Waals surface area contributed by atoms with E-state index in [0.29, 0.717) is 25.0 Å². The molecule has 0 aromatic carbocycles. The highest BCUT2D eigenvalue weighted by atomic mass is 35.5. The standard InChI is InChI=1S/C15H26N2O3.ClH/c1-16(10-8-15(19)20)11-14(18)17-9-4-6-12-5-2-3-7-13(12)17;/h12-13H,2-11H2,1H3,(H,19,20);1H. The van der Waals surface area contributed by atoms with Crippen LogP contribution >= 0.6 is 12.4 Å². The molecule has 0 aromatic rings. The second kappa shape index (κ2) is 8.59. The van der Waals surface area contributed by atoms with Crippen molar-refractivity contribution in [1.29, 1.82) is 0 Å². The van der Waals surface area contributed by atoms with Crippen molar-refractivity contribution in [2.45, 2.75) is 51.0 Å². The van der Waals surface area contributed by atoms with E-state index >= 15 is 0 Å². The molecule has 0 spiro atoms. The highest BCUT2D eigenvalue weighted by molar-refractivity contribution is 5.85. The van der Waals surface area contributed by atoms with Gasteiger partial charge in [0.2, 0.25) is 5.91 Å². The molecule has 1 amide bonds. The van der Waals surface area contributed by atoms with E-state index in [1.54, 1.807) is 0 Å². The maximum atomic E-state index is 12.4. The zero-order valence-electron chi connectivity index (χ0n) is 12.8. The minimum atomic E-state index is -0.811. The Labute approximate surface area is 133 Å². The lowest BCUT2D eigenvalue weighted by Gasteiger charge is -2.44. The summed E-state index contributed by atoms with van der Waals surface area (Å²) in [6.07, 6.45) is 7.44. The molecule has 1 N–H and O–H groups in total. The third kappa shape index (κ3) is 5.15. The van der Waals surface area contributed by atoms with Gasteiger partial charge in [0, 0.05) is 19.1 Å². The summed E-state index contributed by atoms with van der Waals surface area (Å²) in [6.45, 7) is 1.66. The van der Waals surface area contributed by atoms with E-state index in [0.717, 1.165) is 19.4 Å². The maximum absolute atomic E-state index is 12.4. The molecule has 2 fully saturated rings. The number of nitrogens with zero attached hydrogens (tertiary/aromatic N) is 2. The first-order chi connectivity index (χ1) is 9.58. The van der Waals surface area contributed by atoms with Crippen LogP contribution in [0, 0.1) is 5.92 Å². The van der Waals surface area contributed by atoms with Gasteiger partial charge in [0.15, 0.2) is 0 Å². The molecule has 1 saturated carbocycles. The maximum Gasteiger partial charge on any atom is 0.304 e. The summed E-state index contributed by atoms with van der Waals surface area (Å²) in [7, 11) is 1.82. The number of hydrogen-bond donors (Lipinski definition) is 1. The number of likely N-dealkylation sites (tertiary alicyclic amines) is 1. The Morgan fingerprint density at radius 1 is 1.19 bits per heavy atom. The van der Waals surface area contributed by atoms with Crippen LogP contribution in [0.15, 0.2) is 0 Å². The van der Waals surface area contributed by atoms with Crippen molar-refractivity contribution < 1.29 is 14.7 Å². The number of halogens is 1. The Balaban J connectivity index is 0.00000220. The number of carboxylic acids is 1. The first-order valence-corrected chi connectivity index (χ1v) is 7.77. The van der Waals surface area contributed by atoms with Gasteiger partial charge in [-0.2, -0.15) is 0 Å². The Kier molecular flexibility index (Phi) is 7.46. The highest BCUT2D eigenvalue weighted by Gasteiger charge is 2.35. The molecule has 1 aliphatic carbocycles. The van der Waals surface area contributed by atoms with Crippen LogP contribution in [-0.2, 0) is 9.59 Å². The number of carbonyl (C=O) groups excluding carboxylic acids is 1. The molecule has 5 nitrogen and oxygen atoms in total. The van der Waals surface area contributed by atoms with Gasteiger partial charge in [-0.15, -0.1) is 12.4 Å². The second-order valence-corrected chi connectivity index (χ2v) is 6.22. The lowest BCUT2D eigenvalue weighted by atomic mass is 9.78. The van der Waals surface area contributed by atoms with E-state index in [2.05, 4.69) is 4.90 Å². The molecule has 0 radical (unpaired) electrons. The molecule has 1 saturated heterocycles. The Morgan fingerprint density at radius 3 is 2.57 bits per heavy atom. The molecule has 2 unspecified atom stereocenters. The minimum absolute atomic E-state index is 0. The monoisotopic (exact) mass is 318 g/mol. The second-order valence-electron chi connectivity index (χ2n) is 6.22. The van der Waals surface area contributed by atoms with E-state index < -0.39 is 5.97 Å². The van der Waals surface area contributed by atoms with Gasteiger partial charge in [-0.25, -0.2) is 0 Å². The zero-order chi connectivity index (χ0) is 14.5. The first kappa shape index (κ1) is 18.2. The molecular formula is C15H27ClN2O3. The van der Waals surface area contributed by atoms with Gasteiger partial charge in [-0.1, -0.05) is 12.8 Å². The minimum Gasteiger partial charge on any atom is -0.481 e. The number of likely N-dealkylation sites (N-methyl/N-ethyl adjacent to an activating group) is 1. The summed E-state index contributed by atoms with van der Waals surface area (Å²) in [6, 6.07) is 0.442. The van der Waals surface area contributed by atoms with E-state index in [1.807, 2.05) is 11.9 Å². The van der Waals surface area contributed by atoms with E-state index in [-0.39, 0.29) is 24.7 Å². The predicted octanol–water partition coefficient (Wildman–Crippen LogP) is 2.00. The predicted molar refractivity (Wildman–Crippen MR) is 83.7 cm³/mol. The molecule has 2 aliphatic rings. The molecule has 6 heteroatoms. The number of aliphatic carboxylic acids is 1. The SMILES string of the molecule is CN(CCC(=O)O)CC(=O)N1CCCC2CCCCC21.Cl. The van der Waals surface area contributed by atoms with Crippen molar-refractivity contribution >= 4 is 24.3 Å². The summed E-state index contributed by atoms with van der Waals surface area (Å²) in [5.41, 5.74) is 0. The van der Waals surface area contributed by atoms with E-state index in [4.69, 9.17) is 5.11 Å². The van der Waals surface area contributed by atoms with Gasteiger partial charge in [0.1, 0.15) is 0 Å². The number of carbonyl (C=O) groups is 2. The summed E-state index contributed by atoms with van der Waals surface area (Å²) >= 11 is 0. The summed E-state index contributed by atoms with van der Waals surface area (Å²) < 4.78 is 0. The van der Waals surface area contributed by atoms with Crippen LogP contribution in [0.25, 0.3) is 0 Å². The van der Waals surface area contributed by atoms with Crippen LogP contribution in [0.1, 0.15) is 44.9 Å². The summed E-state index contributed by atoms with van der Waals surface area (Å²) in [4.78, 5) is 26.9. The van der Waals surface area contributed by atoms with Gasteiger partial charge in [0.25, 0.3) is 0 Å². The third-order valence-corrected chi connectivity index (χ3v) is 4.68. The quantitative estimate of drug-likeness (QED) is 0.842. The fourth-order valence-electron chi connectivity index (χ4n) is 3.62. The van der Waals surface area contributed by atoms with Crippen molar-refractivity contribution in [3.8, 4) is 0 Å². The molecule has 21 heavy (non-hydrogen) atoms. The lowest BCUT2D eigenvalue weighted by molar-refractivity contribution is -0.140. The van der Waals surface area contributed by atoms with E-state index in [9.17, 15) is 9.59 Å². The highest BCUT2D eigenvalue weighted by Crippen LogP contribution is 2.35. The van der Waals surface area contributed by atoms with Crippen LogP contribution in [0.4, 0.5) is 0 Å². The largest absolute Gasteiger partial charge is 0.481 e. The number of hydrogen-bond acceptors (Lipinski definition) is 3. The topological polar surface area (TPSA) is 60.9 Å². The van der Waals surface area contributed by atoms with Crippen molar-refractivity contribution in [3.63, 3.8) is 0 Å². The van der Waals surface area contributed by atoms with Crippen LogP contribution < -0.4 is 0 Å². The smallest absolute Gasteiger partial charge is 0.304 e. The van der Waals surface area contributed by atoms with Crippen molar-refractivity contribution in [2.24, 2.45) is 5.92 Å². The third-order valence-electron chi connectivity index (χ3n) is 4.68. The number of piperidine rings is 1. The number of carboxylic acid groups (broad SMARTS) is 1. The molecule has 2 rings (SSSR count). The van der Waals surface area contributed by atoms with Crippen LogP contribution in [0.3, 0.4) is 0 Å². The average Bonchev–Trinajstić information content (AvgIpc) is 2.44. The van der Waals surface area contributed by atoms with Crippen molar-refractivity contribution in [2.75, 3.05) is 26.7 Å². The van der Waals surface area contributed by atoms with Gasteiger partial charge in [0.05, 0.1) is 13.0 Å². The molecular weight excluding hydrogens is 292 g/mol. The van der Waals surface area contributed by atoms with E-state index in [1.165, 1.54) is 25.7 Å². The zero-order valence-corrected chi connectivity index (χ0v) is 13.6. The molecule has 0 aromatic heterocycles. The molecule has 2 atom stereocenters. The molecule has 122 valence electrons. The fraction of sp³-hybridized carbons (Fsp3) is 0.867. The van der Waals surface area contributed by atoms with Gasteiger partial charge < -0.3 is 10.0 Å². The van der Waals surface area contributed by atoms with Crippen LogP contribution in [0.5, 0.6) is 0 Å². The first-order valence-electron chi connectivity index (χ1n) is 7.77. The van der Waals surface area contributed by atoms with Crippen molar-refractivity contribution in [1.82, 2.24) is 9.80 Å². The number of amides is 1. The molecule has 1 heterocycles. The van der Waals surface area contributed by atoms with Gasteiger partial charge >= 0.3 is 5.97 Å². The number of rotatable bonds is 5. The number of fused-ring (bicyclic) bond motifs is 1. The fourth-order valence-corrected chi connectivity index (χ4v) is 3.62. The normalized spacial score (nSPS) is 25.1.